The van der Waals surface area contributed by atoms with E-state index in [-0.39, 0.29) is 5.78 Å². The highest BCUT2D eigenvalue weighted by atomic mass is 32.1. The highest BCUT2D eigenvalue weighted by Crippen LogP contribution is 2.37. The van der Waals surface area contributed by atoms with Gasteiger partial charge in [0.2, 0.25) is 5.69 Å². The van der Waals surface area contributed by atoms with E-state index in [0.717, 1.165) is 6.42 Å². The van der Waals surface area contributed by atoms with Crippen molar-refractivity contribution in [1.29, 1.82) is 0 Å². The van der Waals surface area contributed by atoms with Crippen LogP contribution < -0.4 is 4.57 Å². The van der Waals surface area contributed by atoms with E-state index >= 15 is 0 Å². The number of aromatic nitrogens is 1. The third-order valence-electron chi connectivity index (χ3n) is 4.07. The zero-order chi connectivity index (χ0) is 17.8. The summed E-state index contributed by atoms with van der Waals surface area (Å²) in [6.45, 7) is 3.91. The van der Waals surface area contributed by atoms with E-state index in [1.165, 1.54) is 39.2 Å². The predicted octanol–water partition coefficient (Wildman–Crippen LogP) is 4.44. The first-order chi connectivity index (χ1) is 12.1. The molecule has 2 heterocycles. The van der Waals surface area contributed by atoms with Gasteiger partial charge in [-0.15, -0.1) is 11.3 Å². The van der Waals surface area contributed by atoms with Gasteiger partial charge in [0, 0.05) is 29.3 Å². The van der Waals surface area contributed by atoms with Crippen LogP contribution in [0.4, 0.5) is 0 Å². The summed E-state index contributed by atoms with van der Waals surface area (Å²) in [6, 6.07) is 14.7. The molecule has 2 aromatic heterocycles. The van der Waals surface area contributed by atoms with E-state index in [0.29, 0.717) is 12.4 Å². The number of ketones is 1. The molecule has 0 fully saturated rings. The first-order valence-electron chi connectivity index (χ1n) is 8.33. The molecule has 0 atom stereocenters. The largest absolute Gasteiger partial charge is 0.498 e. The van der Waals surface area contributed by atoms with E-state index in [2.05, 4.69) is 54.2 Å². The van der Waals surface area contributed by atoms with Gasteiger partial charge in [0.1, 0.15) is 11.9 Å². The normalized spacial score (nSPS) is 11.7. The van der Waals surface area contributed by atoms with E-state index in [4.69, 9.17) is 4.74 Å². The molecule has 0 saturated carbocycles. The zero-order valence-corrected chi connectivity index (χ0v) is 15.6. The molecule has 0 spiro atoms. The third-order valence-corrected chi connectivity index (χ3v) is 5.31. The van der Waals surface area contributed by atoms with E-state index in [1.807, 2.05) is 24.3 Å². The Balaban J connectivity index is 1.94. The van der Waals surface area contributed by atoms with Crippen LogP contribution in [0.25, 0.3) is 20.7 Å². The van der Waals surface area contributed by atoms with Gasteiger partial charge in [-0.3, -0.25) is 4.79 Å². The lowest BCUT2D eigenvalue weighted by Crippen LogP contribution is -2.29. The molecule has 0 aliphatic heterocycles. The molecule has 0 N–H and O–H groups in total. The summed E-state index contributed by atoms with van der Waals surface area (Å²) < 4.78 is 9.17. The fourth-order valence-corrected chi connectivity index (χ4v) is 4.27. The van der Waals surface area contributed by atoms with Crippen molar-refractivity contribution in [3.05, 3.63) is 66.1 Å². The van der Waals surface area contributed by atoms with Crippen molar-refractivity contribution in [3.8, 4) is 10.6 Å². The minimum absolute atomic E-state index is 0.00971. The van der Waals surface area contributed by atoms with Gasteiger partial charge in [0.15, 0.2) is 12.0 Å². The molecule has 0 bridgehead atoms. The lowest BCUT2D eigenvalue weighted by Gasteiger charge is -2.07. The van der Waals surface area contributed by atoms with E-state index in [1.54, 1.807) is 0 Å². The molecule has 25 heavy (non-hydrogen) atoms. The number of ether oxygens (including phenoxy) is 1. The second-order valence-electron chi connectivity index (χ2n) is 6.07. The van der Waals surface area contributed by atoms with E-state index < -0.39 is 0 Å². The van der Waals surface area contributed by atoms with Crippen molar-refractivity contribution in [1.82, 2.24) is 0 Å². The van der Waals surface area contributed by atoms with Gasteiger partial charge in [-0.2, -0.15) is 0 Å². The monoisotopic (exact) mass is 352 g/mol. The van der Waals surface area contributed by atoms with Crippen LogP contribution in [-0.4, -0.2) is 12.4 Å². The fraction of sp³-hybridized carbons (Fsp3) is 0.238. The molecule has 3 rings (SSSR count). The summed E-state index contributed by atoms with van der Waals surface area (Å²) in [4.78, 5) is 12.4. The van der Waals surface area contributed by atoms with Gasteiger partial charge >= 0.3 is 0 Å². The van der Waals surface area contributed by atoms with Crippen molar-refractivity contribution >= 4 is 27.2 Å². The molecule has 4 heteroatoms. The van der Waals surface area contributed by atoms with Crippen molar-refractivity contribution in [3.63, 3.8) is 0 Å². The van der Waals surface area contributed by atoms with Crippen molar-refractivity contribution in [2.45, 2.75) is 20.3 Å². The topological polar surface area (TPSA) is 30.2 Å². The maximum atomic E-state index is 11.1. The van der Waals surface area contributed by atoms with Gasteiger partial charge in [-0.25, -0.2) is 4.57 Å². The summed E-state index contributed by atoms with van der Waals surface area (Å²) in [6.07, 6.45) is 4.40. The molecule has 1 aromatic carbocycles. The number of fused-ring (bicyclic) bond motifs is 1. The van der Waals surface area contributed by atoms with Gasteiger partial charge in [0.05, 0.1) is 12.4 Å². The average molecular weight is 352 g/mol. The molecule has 0 unspecified atom stereocenters. The number of rotatable bonds is 6. The molecule has 0 saturated heterocycles. The summed E-state index contributed by atoms with van der Waals surface area (Å²) in [5, 5.41) is 1.28. The number of allylic oxidation sites excluding steroid dienone is 2. The number of aryl methyl sites for hydroxylation is 1. The van der Waals surface area contributed by atoms with Gasteiger partial charge < -0.3 is 4.74 Å². The van der Waals surface area contributed by atoms with Gasteiger partial charge in [-0.1, -0.05) is 18.2 Å². The minimum atomic E-state index is 0.00971. The lowest BCUT2D eigenvalue weighted by molar-refractivity contribution is -0.660. The minimum Gasteiger partial charge on any atom is -0.498 e. The second-order valence-corrected chi connectivity index (χ2v) is 7.12. The smallest absolute Gasteiger partial charge is 0.222 e. The first kappa shape index (κ1) is 17.4. The van der Waals surface area contributed by atoms with E-state index in [9.17, 15) is 4.79 Å². The zero-order valence-electron chi connectivity index (χ0n) is 14.8. The standard InChI is InChI=1S/C21H22NO2S/c1-15(23)14-16(2)24-13-11-18-17-8-4-5-10-20(17)25-21(18)19-9-6-7-12-22(19)3/h4-10,12,14H,11,13H2,1-3H3/q+1/b16-14-. The highest BCUT2D eigenvalue weighted by Gasteiger charge is 2.19. The number of carbonyl (C=O) groups is 1. The summed E-state index contributed by atoms with van der Waals surface area (Å²) in [5.74, 6) is 0.675. The first-order valence-corrected chi connectivity index (χ1v) is 9.15. The van der Waals surface area contributed by atoms with Crippen LogP contribution in [0.1, 0.15) is 19.4 Å². The van der Waals surface area contributed by atoms with Gasteiger partial charge in [0.25, 0.3) is 0 Å². The highest BCUT2D eigenvalue weighted by molar-refractivity contribution is 7.22. The maximum Gasteiger partial charge on any atom is 0.222 e. The fourth-order valence-electron chi connectivity index (χ4n) is 2.96. The number of thiophene rings is 1. The summed E-state index contributed by atoms with van der Waals surface area (Å²) in [5.41, 5.74) is 2.51. The SMILES string of the molecule is CC(=O)/C=C(/C)OCCc1c(-c2cccc[n+]2C)sc2ccccc12. The molecular formula is C21H22NO2S+. The number of pyridine rings is 1. The van der Waals surface area contributed by atoms with Crippen LogP contribution in [0.15, 0.2) is 60.5 Å². The molecule has 0 aliphatic carbocycles. The Morgan fingerprint density at radius 1 is 1.16 bits per heavy atom. The molecule has 0 radical (unpaired) electrons. The summed E-state index contributed by atoms with van der Waals surface area (Å²) in [7, 11) is 2.07. The Bertz CT molecular complexity index is 940. The van der Waals surface area contributed by atoms with Crippen molar-refractivity contribution < 1.29 is 14.1 Å². The van der Waals surface area contributed by atoms with Crippen LogP contribution in [0.3, 0.4) is 0 Å². The number of hydrogen-bond donors (Lipinski definition) is 0. The average Bonchev–Trinajstić information content (AvgIpc) is 2.93. The van der Waals surface area contributed by atoms with Crippen LogP contribution in [0.2, 0.25) is 0 Å². The Kier molecular flexibility index (Phi) is 5.29. The Labute approximate surface area is 152 Å². The van der Waals surface area contributed by atoms with Crippen LogP contribution >= 0.6 is 11.3 Å². The number of hydrogen-bond acceptors (Lipinski definition) is 3. The molecular weight excluding hydrogens is 330 g/mol. The Morgan fingerprint density at radius 3 is 2.68 bits per heavy atom. The third kappa shape index (κ3) is 3.97. The maximum absolute atomic E-state index is 11.1. The molecule has 128 valence electrons. The van der Waals surface area contributed by atoms with Crippen molar-refractivity contribution in [2.24, 2.45) is 7.05 Å². The number of carbonyl (C=O) groups excluding carboxylic acids is 1. The molecule has 3 aromatic rings. The Morgan fingerprint density at radius 2 is 1.92 bits per heavy atom. The lowest BCUT2D eigenvalue weighted by atomic mass is 10.1. The molecule has 0 aliphatic rings. The predicted molar refractivity (Wildman–Crippen MR) is 103 cm³/mol. The van der Waals surface area contributed by atoms with Crippen LogP contribution in [0.5, 0.6) is 0 Å². The second kappa shape index (κ2) is 7.62. The summed E-state index contributed by atoms with van der Waals surface area (Å²) >= 11 is 1.82. The number of nitrogens with zero attached hydrogens (tertiary/aromatic N) is 1. The van der Waals surface area contributed by atoms with Crippen LogP contribution in [0, 0.1) is 0 Å². The molecule has 3 nitrogen and oxygen atoms in total. The number of benzene rings is 1. The quantitative estimate of drug-likeness (QED) is 0.373. The Hall–Kier alpha value is -2.46. The van der Waals surface area contributed by atoms with Crippen LogP contribution in [-0.2, 0) is 23.0 Å². The molecule has 0 amide bonds. The van der Waals surface area contributed by atoms with Crippen molar-refractivity contribution in [2.75, 3.05) is 6.61 Å². The van der Waals surface area contributed by atoms with Gasteiger partial charge in [-0.05, 0) is 36.9 Å².